The fraction of sp³-hybridized carbons (Fsp3) is 0.769. The molecule has 2 N–H and O–H groups in total. The van der Waals surface area contributed by atoms with Gasteiger partial charge in [-0.25, -0.2) is 13.4 Å². The molecule has 0 radical (unpaired) electrons. The number of aryl methyl sites for hydroxylation is 1. The van der Waals surface area contributed by atoms with Crippen LogP contribution >= 0.6 is 0 Å². The molecule has 0 atom stereocenters. The Labute approximate surface area is 122 Å². The van der Waals surface area contributed by atoms with Gasteiger partial charge in [-0.3, -0.25) is 0 Å². The number of aromatic nitrogens is 2. The van der Waals surface area contributed by atoms with E-state index in [-0.39, 0.29) is 5.03 Å². The molecule has 1 rings (SSSR count). The lowest BCUT2D eigenvalue weighted by Gasteiger charge is -2.40. The minimum Gasteiger partial charge on any atom is -0.339 e. The number of imidazole rings is 1. The van der Waals surface area contributed by atoms with Gasteiger partial charge in [-0.1, -0.05) is 20.8 Å². The van der Waals surface area contributed by atoms with Crippen LogP contribution in [0.2, 0.25) is 0 Å². The third kappa shape index (κ3) is 3.05. The van der Waals surface area contributed by atoms with Crippen LogP contribution in [0, 0.1) is 0 Å². The standard InChI is InChI=1S/C13H26N4O2S/c1-5-8-17(13(6-2,7-3)10-14)20(18,19)12-9-16(4)11-15-12/h9,11H,5-8,10,14H2,1-4H3. The van der Waals surface area contributed by atoms with E-state index in [2.05, 4.69) is 4.98 Å². The smallest absolute Gasteiger partial charge is 0.262 e. The number of hydrogen-bond donors (Lipinski definition) is 1. The summed E-state index contributed by atoms with van der Waals surface area (Å²) in [5.74, 6) is 0. The summed E-state index contributed by atoms with van der Waals surface area (Å²) in [5.41, 5.74) is 5.37. The fourth-order valence-electron chi connectivity index (χ4n) is 2.44. The van der Waals surface area contributed by atoms with Gasteiger partial charge >= 0.3 is 0 Å². The van der Waals surface area contributed by atoms with Crippen molar-refractivity contribution in [1.29, 1.82) is 0 Å². The first-order chi connectivity index (χ1) is 9.37. The molecule has 0 aliphatic carbocycles. The second kappa shape index (κ2) is 6.69. The number of rotatable bonds is 8. The van der Waals surface area contributed by atoms with Crippen molar-refractivity contribution in [1.82, 2.24) is 13.9 Å². The van der Waals surface area contributed by atoms with E-state index >= 15 is 0 Å². The van der Waals surface area contributed by atoms with Crippen LogP contribution in [0.25, 0.3) is 0 Å². The molecule has 1 aromatic heterocycles. The molecule has 0 unspecified atom stereocenters. The van der Waals surface area contributed by atoms with Crippen molar-refractivity contribution in [3.05, 3.63) is 12.5 Å². The van der Waals surface area contributed by atoms with E-state index in [0.29, 0.717) is 25.9 Å². The van der Waals surface area contributed by atoms with Crippen LogP contribution in [0.3, 0.4) is 0 Å². The van der Waals surface area contributed by atoms with E-state index in [4.69, 9.17) is 5.73 Å². The van der Waals surface area contributed by atoms with Gasteiger partial charge < -0.3 is 10.3 Å². The summed E-state index contributed by atoms with van der Waals surface area (Å²) in [7, 11) is -1.86. The lowest BCUT2D eigenvalue weighted by molar-refractivity contribution is 0.177. The van der Waals surface area contributed by atoms with Crippen molar-refractivity contribution in [2.45, 2.75) is 50.6 Å². The maximum atomic E-state index is 12.9. The molecule has 0 amide bonds. The van der Waals surface area contributed by atoms with Crippen LogP contribution in [0.4, 0.5) is 0 Å². The third-order valence-electron chi connectivity index (χ3n) is 3.89. The summed E-state index contributed by atoms with van der Waals surface area (Å²) >= 11 is 0. The lowest BCUT2D eigenvalue weighted by Crippen LogP contribution is -2.55. The van der Waals surface area contributed by atoms with Crippen LogP contribution in [0.15, 0.2) is 17.6 Å². The molecule has 7 heteroatoms. The van der Waals surface area contributed by atoms with Gasteiger partial charge in [0.2, 0.25) is 0 Å². The molecule has 0 saturated carbocycles. The van der Waals surface area contributed by atoms with Crippen LogP contribution < -0.4 is 5.73 Å². The zero-order valence-electron chi connectivity index (χ0n) is 12.8. The van der Waals surface area contributed by atoms with Gasteiger partial charge in [0.1, 0.15) is 0 Å². The van der Waals surface area contributed by atoms with E-state index in [1.165, 1.54) is 12.5 Å². The SMILES string of the molecule is CCCN(C(CC)(CC)CN)S(=O)(=O)c1cn(C)cn1. The summed E-state index contributed by atoms with van der Waals surface area (Å²) in [6, 6.07) is 0. The molecule has 1 heterocycles. The van der Waals surface area contributed by atoms with E-state index < -0.39 is 15.6 Å². The van der Waals surface area contributed by atoms with Crippen LogP contribution in [-0.4, -0.2) is 40.9 Å². The molecule has 20 heavy (non-hydrogen) atoms. The van der Waals surface area contributed by atoms with E-state index in [1.807, 2.05) is 20.8 Å². The Morgan fingerprint density at radius 3 is 2.30 bits per heavy atom. The summed E-state index contributed by atoms with van der Waals surface area (Å²) < 4.78 is 28.9. The summed E-state index contributed by atoms with van der Waals surface area (Å²) in [5, 5.41) is 0.0909. The van der Waals surface area contributed by atoms with Crippen molar-refractivity contribution in [3.63, 3.8) is 0 Å². The maximum absolute atomic E-state index is 12.9. The highest BCUT2D eigenvalue weighted by atomic mass is 32.2. The molecule has 0 aromatic carbocycles. The van der Waals surface area contributed by atoms with Crippen molar-refractivity contribution >= 4 is 10.0 Å². The van der Waals surface area contributed by atoms with Crippen LogP contribution in [-0.2, 0) is 17.1 Å². The number of sulfonamides is 1. The predicted molar refractivity (Wildman–Crippen MR) is 79.8 cm³/mol. The second-order valence-corrected chi connectivity index (χ2v) is 6.90. The third-order valence-corrected chi connectivity index (χ3v) is 5.78. The average Bonchev–Trinajstić information content (AvgIpc) is 2.87. The monoisotopic (exact) mass is 302 g/mol. The van der Waals surface area contributed by atoms with Crippen LogP contribution in [0.5, 0.6) is 0 Å². The molecular formula is C13H26N4O2S. The molecule has 0 bridgehead atoms. The summed E-state index contributed by atoms with van der Waals surface area (Å²) in [6.45, 7) is 6.69. The molecule has 0 spiro atoms. The Kier molecular flexibility index (Phi) is 5.73. The highest BCUT2D eigenvalue weighted by Crippen LogP contribution is 2.29. The molecule has 0 saturated heterocycles. The molecule has 116 valence electrons. The Hall–Kier alpha value is -0.920. The first kappa shape index (κ1) is 17.1. The minimum atomic E-state index is -3.61. The highest BCUT2D eigenvalue weighted by molar-refractivity contribution is 7.89. The highest BCUT2D eigenvalue weighted by Gasteiger charge is 2.41. The molecular weight excluding hydrogens is 276 g/mol. The molecule has 0 fully saturated rings. The summed E-state index contributed by atoms with van der Waals surface area (Å²) in [6.07, 6.45) is 5.15. The van der Waals surface area contributed by atoms with Crippen molar-refractivity contribution in [3.8, 4) is 0 Å². The first-order valence-electron chi connectivity index (χ1n) is 7.08. The van der Waals surface area contributed by atoms with Crippen LogP contribution in [0.1, 0.15) is 40.0 Å². The largest absolute Gasteiger partial charge is 0.339 e. The Morgan fingerprint density at radius 2 is 1.95 bits per heavy atom. The maximum Gasteiger partial charge on any atom is 0.262 e. The van der Waals surface area contributed by atoms with Gasteiger partial charge in [-0.2, -0.15) is 4.31 Å². The van der Waals surface area contributed by atoms with Gasteiger partial charge in [0.25, 0.3) is 10.0 Å². The molecule has 6 nitrogen and oxygen atoms in total. The quantitative estimate of drug-likeness (QED) is 0.785. The van der Waals surface area contributed by atoms with Gasteiger partial charge in [0.05, 0.1) is 6.33 Å². The average molecular weight is 302 g/mol. The van der Waals surface area contributed by atoms with Gasteiger partial charge in [-0.15, -0.1) is 0 Å². The molecule has 0 aliphatic heterocycles. The van der Waals surface area contributed by atoms with Gasteiger partial charge in [0.15, 0.2) is 5.03 Å². The zero-order chi connectivity index (χ0) is 15.4. The van der Waals surface area contributed by atoms with Gasteiger partial charge in [-0.05, 0) is 19.3 Å². The Balaban J connectivity index is 3.32. The first-order valence-corrected chi connectivity index (χ1v) is 8.52. The van der Waals surface area contributed by atoms with E-state index in [1.54, 1.807) is 15.9 Å². The number of nitrogens with two attached hydrogens (primary N) is 1. The van der Waals surface area contributed by atoms with E-state index in [0.717, 1.165) is 6.42 Å². The van der Waals surface area contributed by atoms with Crippen molar-refractivity contribution in [2.24, 2.45) is 12.8 Å². The van der Waals surface area contributed by atoms with Crippen molar-refractivity contribution in [2.75, 3.05) is 13.1 Å². The fourth-order valence-corrected chi connectivity index (χ4v) is 4.41. The van der Waals surface area contributed by atoms with Gasteiger partial charge in [0, 0.05) is 31.9 Å². The predicted octanol–water partition coefficient (Wildman–Crippen LogP) is 1.34. The zero-order valence-corrected chi connectivity index (χ0v) is 13.7. The molecule has 1 aromatic rings. The lowest BCUT2D eigenvalue weighted by atomic mass is 9.93. The number of hydrogen-bond acceptors (Lipinski definition) is 4. The Bertz CT molecular complexity index is 512. The normalized spacial score (nSPS) is 13.1. The minimum absolute atomic E-state index is 0.0909. The second-order valence-electron chi connectivity index (χ2n) is 5.09. The number of nitrogens with zero attached hydrogens (tertiary/aromatic N) is 3. The molecule has 0 aliphatic rings. The van der Waals surface area contributed by atoms with E-state index in [9.17, 15) is 8.42 Å². The Morgan fingerprint density at radius 1 is 1.35 bits per heavy atom. The van der Waals surface area contributed by atoms with Crippen molar-refractivity contribution < 1.29 is 8.42 Å². The summed E-state index contributed by atoms with van der Waals surface area (Å²) in [4.78, 5) is 4.00. The topological polar surface area (TPSA) is 81.2 Å².